The van der Waals surface area contributed by atoms with Crippen LogP contribution in [0.1, 0.15) is 17.3 Å². The summed E-state index contributed by atoms with van der Waals surface area (Å²) < 4.78 is 5.17. The van der Waals surface area contributed by atoms with Crippen LogP contribution < -0.4 is 15.4 Å². The Labute approximate surface area is 132 Å². The fourth-order valence-electron chi connectivity index (χ4n) is 1.79. The molecule has 0 fully saturated rings. The summed E-state index contributed by atoms with van der Waals surface area (Å²) in [4.78, 5) is 27.3. The number of ether oxygens (including phenoxy) is 1. The molecule has 0 atom stereocenters. The highest BCUT2D eigenvalue weighted by Crippen LogP contribution is 2.28. The molecule has 0 aliphatic heterocycles. The predicted molar refractivity (Wildman–Crippen MR) is 84.5 cm³/mol. The summed E-state index contributed by atoms with van der Waals surface area (Å²) in [6.07, 6.45) is 1.44. The largest absolute Gasteiger partial charge is 0.495 e. The SMILES string of the molecule is COc1ccc(Cl)cc1NC(=O)c1ccnc(NC(C)=O)c1. The highest BCUT2D eigenvalue weighted by Gasteiger charge is 2.11. The van der Waals surface area contributed by atoms with Crippen molar-refractivity contribution in [3.63, 3.8) is 0 Å². The van der Waals surface area contributed by atoms with Gasteiger partial charge >= 0.3 is 0 Å². The number of carbonyl (C=O) groups is 2. The molecule has 114 valence electrons. The lowest BCUT2D eigenvalue weighted by Gasteiger charge is -2.11. The molecule has 0 bridgehead atoms. The number of carbonyl (C=O) groups excluding carboxylic acids is 2. The Morgan fingerprint density at radius 1 is 1.18 bits per heavy atom. The Bertz CT molecular complexity index is 719. The number of nitrogens with one attached hydrogen (secondary N) is 2. The zero-order valence-corrected chi connectivity index (χ0v) is 12.8. The molecule has 1 aromatic carbocycles. The van der Waals surface area contributed by atoms with Gasteiger partial charge in [0.1, 0.15) is 11.6 Å². The van der Waals surface area contributed by atoms with Crippen LogP contribution in [-0.4, -0.2) is 23.9 Å². The second kappa shape index (κ2) is 6.91. The molecule has 2 rings (SSSR count). The Hall–Kier alpha value is -2.60. The maximum absolute atomic E-state index is 12.3. The van der Waals surface area contributed by atoms with Crippen molar-refractivity contribution in [3.8, 4) is 5.75 Å². The summed E-state index contributed by atoms with van der Waals surface area (Å²) in [6, 6.07) is 7.93. The van der Waals surface area contributed by atoms with Crippen LogP contribution >= 0.6 is 11.6 Å². The third-order valence-electron chi connectivity index (χ3n) is 2.74. The Morgan fingerprint density at radius 3 is 2.64 bits per heavy atom. The molecule has 0 saturated carbocycles. The van der Waals surface area contributed by atoms with E-state index in [9.17, 15) is 9.59 Å². The maximum atomic E-state index is 12.3. The minimum Gasteiger partial charge on any atom is -0.495 e. The lowest BCUT2D eigenvalue weighted by Crippen LogP contribution is -2.14. The minimum absolute atomic E-state index is 0.262. The first-order chi connectivity index (χ1) is 10.5. The van der Waals surface area contributed by atoms with Gasteiger partial charge in [-0.25, -0.2) is 4.98 Å². The maximum Gasteiger partial charge on any atom is 0.255 e. The first kappa shape index (κ1) is 15.8. The highest BCUT2D eigenvalue weighted by molar-refractivity contribution is 6.31. The zero-order chi connectivity index (χ0) is 16.1. The number of pyridine rings is 1. The van der Waals surface area contributed by atoms with Crippen LogP contribution in [0.3, 0.4) is 0 Å². The van der Waals surface area contributed by atoms with Gasteiger partial charge in [-0.2, -0.15) is 0 Å². The molecule has 22 heavy (non-hydrogen) atoms. The van der Waals surface area contributed by atoms with Crippen molar-refractivity contribution in [3.05, 3.63) is 47.1 Å². The van der Waals surface area contributed by atoms with E-state index in [0.29, 0.717) is 27.8 Å². The number of benzene rings is 1. The van der Waals surface area contributed by atoms with Gasteiger partial charge in [-0.1, -0.05) is 11.6 Å². The third kappa shape index (κ3) is 3.95. The lowest BCUT2D eigenvalue weighted by atomic mass is 10.2. The molecule has 0 spiro atoms. The van der Waals surface area contributed by atoms with Gasteiger partial charge in [0.2, 0.25) is 5.91 Å². The Morgan fingerprint density at radius 2 is 1.95 bits per heavy atom. The van der Waals surface area contributed by atoms with Crippen molar-refractivity contribution < 1.29 is 14.3 Å². The second-order valence-electron chi connectivity index (χ2n) is 4.41. The van der Waals surface area contributed by atoms with E-state index in [2.05, 4.69) is 15.6 Å². The Balaban J connectivity index is 2.22. The number of hydrogen-bond donors (Lipinski definition) is 2. The second-order valence-corrected chi connectivity index (χ2v) is 4.85. The van der Waals surface area contributed by atoms with Gasteiger partial charge in [0.05, 0.1) is 12.8 Å². The molecular weight excluding hydrogens is 306 g/mol. The first-order valence-corrected chi connectivity index (χ1v) is 6.76. The fourth-order valence-corrected chi connectivity index (χ4v) is 1.96. The Kier molecular flexibility index (Phi) is 4.95. The molecule has 2 amide bonds. The van der Waals surface area contributed by atoms with E-state index in [0.717, 1.165) is 0 Å². The van der Waals surface area contributed by atoms with E-state index in [-0.39, 0.29) is 11.8 Å². The molecular formula is C15H14ClN3O3. The van der Waals surface area contributed by atoms with E-state index in [4.69, 9.17) is 16.3 Å². The number of halogens is 1. The molecule has 0 radical (unpaired) electrons. The van der Waals surface area contributed by atoms with Crippen molar-refractivity contribution in [2.45, 2.75) is 6.92 Å². The number of hydrogen-bond acceptors (Lipinski definition) is 4. The quantitative estimate of drug-likeness (QED) is 0.908. The summed E-state index contributed by atoms with van der Waals surface area (Å²) in [5.74, 6) is 0.170. The molecule has 1 aromatic heterocycles. The zero-order valence-electron chi connectivity index (χ0n) is 12.0. The number of aromatic nitrogens is 1. The summed E-state index contributed by atoms with van der Waals surface area (Å²) in [5, 5.41) is 5.71. The number of anilines is 2. The minimum atomic E-state index is -0.366. The standard InChI is InChI=1S/C15H14ClN3O3/c1-9(20)18-14-7-10(5-6-17-14)15(21)19-12-8-11(16)3-4-13(12)22-2/h3-8H,1-2H3,(H,19,21)(H,17,18,20). The lowest BCUT2D eigenvalue weighted by molar-refractivity contribution is -0.114. The topological polar surface area (TPSA) is 80.3 Å². The van der Waals surface area contributed by atoms with Crippen LogP contribution in [0.4, 0.5) is 11.5 Å². The normalized spacial score (nSPS) is 9.95. The van der Waals surface area contributed by atoms with Crippen molar-refractivity contribution in [1.29, 1.82) is 0 Å². The van der Waals surface area contributed by atoms with Crippen molar-refractivity contribution >= 4 is 34.9 Å². The van der Waals surface area contributed by atoms with E-state index in [1.54, 1.807) is 18.2 Å². The number of methoxy groups -OCH3 is 1. The van der Waals surface area contributed by atoms with Crippen LogP contribution in [0.2, 0.25) is 5.02 Å². The van der Waals surface area contributed by atoms with E-state index >= 15 is 0 Å². The summed E-state index contributed by atoms with van der Waals surface area (Å²) in [7, 11) is 1.50. The van der Waals surface area contributed by atoms with E-state index in [1.165, 1.54) is 32.4 Å². The smallest absolute Gasteiger partial charge is 0.255 e. The van der Waals surface area contributed by atoms with Crippen molar-refractivity contribution in [2.75, 3.05) is 17.7 Å². The van der Waals surface area contributed by atoms with Gasteiger partial charge in [0.25, 0.3) is 5.91 Å². The number of nitrogens with zero attached hydrogens (tertiary/aromatic N) is 1. The van der Waals surface area contributed by atoms with Gasteiger partial charge in [0.15, 0.2) is 0 Å². The van der Waals surface area contributed by atoms with Gasteiger partial charge < -0.3 is 15.4 Å². The van der Waals surface area contributed by atoms with Crippen LogP contribution in [0.5, 0.6) is 5.75 Å². The van der Waals surface area contributed by atoms with Crippen LogP contribution in [0.25, 0.3) is 0 Å². The van der Waals surface area contributed by atoms with Crippen LogP contribution in [0, 0.1) is 0 Å². The summed E-state index contributed by atoms with van der Waals surface area (Å²) in [6.45, 7) is 1.37. The molecule has 7 heteroatoms. The molecule has 0 saturated heterocycles. The number of rotatable bonds is 4. The monoisotopic (exact) mass is 319 g/mol. The average molecular weight is 320 g/mol. The molecule has 0 unspecified atom stereocenters. The molecule has 0 aliphatic carbocycles. The summed E-state index contributed by atoms with van der Waals surface area (Å²) >= 11 is 5.92. The molecule has 2 N–H and O–H groups in total. The fraction of sp³-hybridized carbons (Fsp3) is 0.133. The van der Waals surface area contributed by atoms with Crippen molar-refractivity contribution in [2.24, 2.45) is 0 Å². The van der Waals surface area contributed by atoms with Gasteiger partial charge in [-0.05, 0) is 30.3 Å². The van der Waals surface area contributed by atoms with Crippen LogP contribution in [-0.2, 0) is 4.79 Å². The van der Waals surface area contributed by atoms with Gasteiger partial charge in [-0.3, -0.25) is 9.59 Å². The van der Waals surface area contributed by atoms with Crippen LogP contribution in [0.15, 0.2) is 36.5 Å². The average Bonchev–Trinajstić information content (AvgIpc) is 2.47. The predicted octanol–water partition coefficient (Wildman–Crippen LogP) is 2.95. The van der Waals surface area contributed by atoms with Gasteiger partial charge in [-0.15, -0.1) is 0 Å². The molecule has 6 nitrogen and oxygen atoms in total. The molecule has 0 aliphatic rings. The number of amides is 2. The first-order valence-electron chi connectivity index (χ1n) is 6.38. The summed E-state index contributed by atoms with van der Waals surface area (Å²) in [5.41, 5.74) is 0.804. The highest BCUT2D eigenvalue weighted by atomic mass is 35.5. The third-order valence-corrected chi connectivity index (χ3v) is 2.97. The van der Waals surface area contributed by atoms with E-state index in [1.807, 2.05) is 0 Å². The molecule has 1 heterocycles. The molecule has 2 aromatic rings. The van der Waals surface area contributed by atoms with Crippen molar-refractivity contribution in [1.82, 2.24) is 4.98 Å². The van der Waals surface area contributed by atoms with Gasteiger partial charge in [0, 0.05) is 23.7 Å². The van der Waals surface area contributed by atoms with E-state index < -0.39 is 0 Å².